The molecule has 0 bridgehead atoms. The molecule has 3 aromatic rings. The molecule has 23 heavy (non-hydrogen) atoms. The number of furan rings is 1. The molecule has 1 atom stereocenters. The second-order valence-corrected chi connectivity index (χ2v) is 5.63. The summed E-state index contributed by atoms with van der Waals surface area (Å²) in [5, 5.41) is 17.5. The predicted octanol–water partition coefficient (Wildman–Crippen LogP) is 1.94. The minimum atomic E-state index is -1.28. The second kappa shape index (κ2) is 5.51. The number of halogens is 1. The van der Waals surface area contributed by atoms with Gasteiger partial charge >= 0.3 is 0 Å². The SMILES string of the molecule is Cn1cc(C(C)(O)CNC(=O)c2cc3cccc(F)c3o2)cn1. The Kier molecular flexibility index (Phi) is 3.65. The number of para-hydroxylation sites is 1. The van der Waals surface area contributed by atoms with E-state index in [0.29, 0.717) is 10.9 Å². The summed E-state index contributed by atoms with van der Waals surface area (Å²) < 4.78 is 20.4. The van der Waals surface area contributed by atoms with Crippen LogP contribution >= 0.6 is 0 Å². The Morgan fingerprint density at radius 2 is 2.30 bits per heavy atom. The zero-order chi connectivity index (χ0) is 16.6. The summed E-state index contributed by atoms with van der Waals surface area (Å²) in [4.78, 5) is 12.1. The van der Waals surface area contributed by atoms with Crippen LogP contribution in [0, 0.1) is 5.82 Å². The van der Waals surface area contributed by atoms with E-state index in [0.717, 1.165) is 0 Å². The molecule has 2 N–H and O–H groups in total. The highest BCUT2D eigenvalue weighted by Crippen LogP contribution is 2.23. The number of aromatic nitrogens is 2. The van der Waals surface area contributed by atoms with Gasteiger partial charge in [-0.3, -0.25) is 9.48 Å². The predicted molar refractivity (Wildman–Crippen MR) is 81.3 cm³/mol. The molecule has 0 saturated carbocycles. The molecule has 6 nitrogen and oxygen atoms in total. The molecular formula is C16H16FN3O3. The first-order chi connectivity index (χ1) is 10.9. The largest absolute Gasteiger partial charge is 0.448 e. The van der Waals surface area contributed by atoms with Crippen LogP contribution in [0.3, 0.4) is 0 Å². The Balaban J connectivity index is 1.74. The minimum absolute atomic E-state index is 0.00733. The van der Waals surface area contributed by atoms with E-state index in [2.05, 4.69) is 10.4 Å². The van der Waals surface area contributed by atoms with Gasteiger partial charge in [0.05, 0.1) is 12.7 Å². The smallest absolute Gasteiger partial charge is 0.287 e. The molecule has 0 aliphatic rings. The maximum atomic E-state index is 13.6. The zero-order valence-electron chi connectivity index (χ0n) is 12.7. The average molecular weight is 317 g/mol. The number of carbonyl (C=O) groups excluding carboxylic acids is 1. The second-order valence-electron chi connectivity index (χ2n) is 5.63. The van der Waals surface area contributed by atoms with Crippen LogP contribution < -0.4 is 5.32 Å². The van der Waals surface area contributed by atoms with E-state index in [1.54, 1.807) is 37.0 Å². The van der Waals surface area contributed by atoms with Crippen LogP contribution in [-0.2, 0) is 12.6 Å². The number of fused-ring (bicyclic) bond motifs is 1. The van der Waals surface area contributed by atoms with Gasteiger partial charge in [0, 0.05) is 24.2 Å². The summed E-state index contributed by atoms with van der Waals surface area (Å²) >= 11 is 0. The lowest BCUT2D eigenvalue weighted by Gasteiger charge is -2.21. The number of carbonyl (C=O) groups is 1. The fourth-order valence-corrected chi connectivity index (χ4v) is 2.28. The van der Waals surface area contributed by atoms with Crippen LogP contribution in [0.1, 0.15) is 23.0 Å². The average Bonchev–Trinajstić information content (AvgIpc) is 3.12. The van der Waals surface area contributed by atoms with Crippen LogP contribution in [0.25, 0.3) is 11.0 Å². The van der Waals surface area contributed by atoms with Gasteiger partial charge in [0.15, 0.2) is 17.2 Å². The van der Waals surface area contributed by atoms with Gasteiger partial charge in [-0.1, -0.05) is 12.1 Å². The molecule has 120 valence electrons. The van der Waals surface area contributed by atoms with Gasteiger partial charge in [-0.15, -0.1) is 0 Å². The molecule has 0 radical (unpaired) electrons. The van der Waals surface area contributed by atoms with Crippen molar-refractivity contribution >= 4 is 16.9 Å². The Hall–Kier alpha value is -2.67. The lowest BCUT2D eigenvalue weighted by Crippen LogP contribution is -2.38. The molecule has 3 rings (SSSR count). The number of hydrogen-bond donors (Lipinski definition) is 2. The van der Waals surface area contributed by atoms with Gasteiger partial charge in [-0.2, -0.15) is 5.10 Å². The molecule has 2 aromatic heterocycles. The van der Waals surface area contributed by atoms with Gasteiger partial charge in [0.25, 0.3) is 5.91 Å². The van der Waals surface area contributed by atoms with E-state index < -0.39 is 17.3 Å². The maximum absolute atomic E-state index is 13.6. The van der Waals surface area contributed by atoms with Crippen molar-refractivity contribution in [2.75, 3.05) is 6.54 Å². The quantitative estimate of drug-likeness (QED) is 0.770. The van der Waals surface area contributed by atoms with E-state index in [9.17, 15) is 14.3 Å². The summed E-state index contributed by atoms with van der Waals surface area (Å²) in [6.45, 7) is 1.54. The standard InChI is InChI=1S/C16H16FN3O3/c1-16(22,11-7-19-20(2)8-11)9-18-15(21)13-6-10-4-3-5-12(17)14(10)23-13/h3-8,22H,9H2,1-2H3,(H,18,21). The van der Waals surface area contributed by atoms with Crippen LogP contribution in [0.4, 0.5) is 4.39 Å². The lowest BCUT2D eigenvalue weighted by molar-refractivity contribution is 0.0518. The Bertz CT molecular complexity index is 866. The highest BCUT2D eigenvalue weighted by molar-refractivity contribution is 5.96. The van der Waals surface area contributed by atoms with Crippen molar-refractivity contribution in [3.63, 3.8) is 0 Å². The van der Waals surface area contributed by atoms with Crippen molar-refractivity contribution in [2.45, 2.75) is 12.5 Å². The van der Waals surface area contributed by atoms with Crippen LogP contribution in [0.2, 0.25) is 0 Å². The topological polar surface area (TPSA) is 80.3 Å². The maximum Gasteiger partial charge on any atom is 0.287 e. The Labute approximate surface area is 131 Å². The zero-order valence-corrected chi connectivity index (χ0v) is 12.7. The summed E-state index contributed by atoms with van der Waals surface area (Å²) in [6.07, 6.45) is 3.20. The number of nitrogens with zero attached hydrogens (tertiary/aromatic N) is 2. The first-order valence-corrected chi connectivity index (χ1v) is 7.04. The van der Waals surface area contributed by atoms with Crippen molar-refractivity contribution in [1.82, 2.24) is 15.1 Å². The van der Waals surface area contributed by atoms with E-state index >= 15 is 0 Å². The molecule has 2 heterocycles. The first kappa shape index (κ1) is 15.2. The summed E-state index contributed by atoms with van der Waals surface area (Å²) in [5.41, 5.74) is -0.658. The molecule has 7 heteroatoms. The van der Waals surface area contributed by atoms with Gasteiger partial charge in [-0.25, -0.2) is 4.39 Å². The third-order valence-corrected chi connectivity index (χ3v) is 3.64. The van der Waals surface area contributed by atoms with Crippen LogP contribution in [0.5, 0.6) is 0 Å². The number of nitrogens with one attached hydrogen (secondary N) is 1. The normalized spacial score (nSPS) is 13.9. The number of hydrogen-bond acceptors (Lipinski definition) is 4. The van der Waals surface area contributed by atoms with Gasteiger partial charge in [0.2, 0.25) is 0 Å². The molecule has 1 amide bonds. The van der Waals surface area contributed by atoms with Crippen molar-refractivity contribution in [3.05, 3.63) is 53.8 Å². The minimum Gasteiger partial charge on any atom is -0.448 e. The molecule has 1 aromatic carbocycles. The van der Waals surface area contributed by atoms with E-state index in [1.807, 2.05) is 0 Å². The molecular weight excluding hydrogens is 301 g/mol. The number of aliphatic hydroxyl groups is 1. The molecule has 0 spiro atoms. The van der Waals surface area contributed by atoms with Crippen molar-refractivity contribution < 1.29 is 18.7 Å². The van der Waals surface area contributed by atoms with Crippen LogP contribution in [-0.4, -0.2) is 27.3 Å². The Morgan fingerprint density at radius 1 is 1.52 bits per heavy atom. The van der Waals surface area contributed by atoms with Gasteiger partial charge in [0.1, 0.15) is 5.60 Å². The van der Waals surface area contributed by atoms with Gasteiger partial charge in [-0.05, 0) is 19.1 Å². The number of rotatable bonds is 4. The van der Waals surface area contributed by atoms with Crippen molar-refractivity contribution in [1.29, 1.82) is 0 Å². The van der Waals surface area contributed by atoms with E-state index in [4.69, 9.17) is 4.42 Å². The fraction of sp³-hybridized carbons (Fsp3) is 0.250. The van der Waals surface area contributed by atoms with Crippen molar-refractivity contribution in [2.24, 2.45) is 7.05 Å². The van der Waals surface area contributed by atoms with E-state index in [-0.39, 0.29) is 17.9 Å². The van der Waals surface area contributed by atoms with E-state index in [1.165, 1.54) is 18.3 Å². The molecule has 0 aliphatic carbocycles. The highest BCUT2D eigenvalue weighted by atomic mass is 19.1. The Morgan fingerprint density at radius 3 is 2.96 bits per heavy atom. The van der Waals surface area contributed by atoms with Gasteiger partial charge < -0.3 is 14.8 Å². The monoisotopic (exact) mass is 317 g/mol. The van der Waals surface area contributed by atoms with Crippen LogP contribution in [0.15, 0.2) is 41.1 Å². The molecule has 0 aliphatic heterocycles. The summed E-state index contributed by atoms with van der Waals surface area (Å²) in [6, 6.07) is 5.93. The molecule has 0 saturated heterocycles. The third-order valence-electron chi connectivity index (χ3n) is 3.64. The molecule has 0 fully saturated rings. The lowest BCUT2D eigenvalue weighted by atomic mass is 10.00. The summed E-state index contributed by atoms with van der Waals surface area (Å²) in [5.74, 6) is -1.05. The highest BCUT2D eigenvalue weighted by Gasteiger charge is 2.26. The fourth-order valence-electron chi connectivity index (χ4n) is 2.28. The summed E-state index contributed by atoms with van der Waals surface area (Å²) in [7, 11) is 1.74. The van der Waals surface area contributed by atoms with Crippen molar-refractivity contribution in [3.8, 4) is 0 Å². The number of amides is 1. The third kappa shape index (κ3) is 2.95. The first-order valence-electron chi connectivity index (χ1n) is 7.04. The number of aryl methyl sites for hydroxylation is 1. The molecule has 1 unspecified atom stereocenters. The number of benzene rings is 1.